The molecule has 1 heterocycles. The number of halogens is 1. The molecule has 1 aliphatic heterocycles. The Morgan fingerprint density at radius 2 is 2.40 bits per heavy atom. The van der Waals surface area contributed by atoms with Crippen LogP contribution >= 0.6 is 15.9 Å². The molecule has 15 heavy (non-hydrogen) atoms. The van der Waals surface area contributed by atoms with E-state index < -0.39 is 12.2 Å². The third kappa shape index (κ3) is 1.95. The van der Waals surface area contributed by atoms with Crippen LogP contribution in [0.15, 0.2) is 28.7 Å². The van der Waals surface area contributed by atoms with Gasteiger partial charge in [0.1, 0.15) is 6.07 Å². The number of cyclic esters (lactones) is 1. The monoisotopic (exact) mass is 266 g/mol. The maximum absolute atomic E-state index is 11.4. The van der Waals surface area contributed by atoms with Crippen molar-refractivity contribution < 1.29 is 9.53 Å². The molecule has 0 bridgehead atoms. The van der Waals surface area contributed by atoms with Crippen LogP contribution in [0.4, 0.5) is 10.5 Å². The molecule has 0 aromatic heterocycles. The Labute approximate surface area is 95.2 Å². The summed E-state index contributed by atoms with van der Waals surface area (Å²) >= 11 is 3.32. The first-order valence-corrected chi connectivity index (χ1v) is 5.13. The van der Waals surface area contributed by atoms with Crippen LogP contribution in [-0.2, 0) is 4.74 Å². The van der Waals surface area contributed by atoms with Crippen molar-refractivity contribution >= 4 is 27.7 Å². The molecule has 0 radical (unpaired) electrons. The molecule has 1 unspecified atom stereocenters. The Kier molecular flexibility index (Phi) is 2.60. The number of nitrogens with zero attached hydrogens (tertiary/aromatic N) is 2. The van der Waals surface area contributed by atoms with Gasteiger partial charge in [0.25, 0.3) is 0 Å². The fraction of sp³-hybridized carbons (Fsp3) is 0.200. The average molecular weight is 267 g/mol. The molecule has 0 spiro atoms. The molecule has 0 saturated carbocycles. The quantitative estimate of drug-likeness (QED) is 0.784. The van der Waals surface area contributed by atoms with E-state index >= 15 is 0 Å². The van der Waals surface area contributed by atoms with Crippen molar-refractivity contribution in [2.24, 2.45) is 0 Å². The number of rotatable bonds is 1. The molecule has 1 atom stereocenters. The van der Waals surface area contributed by atoms with E-state index in [1.807, 2.05) is 18.2 Å². The molecule has 0 N–H and O–H groups in total. The van der Waals surface area contributed by atoms with Gasteiger partial charge in [0.15, 0.2) is 0 Å². The van der Waals surface area contributed by atoms with Crippen molar-refractivity contribution in [3.8, 4) is 6.07 Å². The molecule has 5 heteroatoms. The van der Waals surface area contributed by atoms with E-state index in [0.29, 0.717) is 0 Å². The van der Waals surface area contributed by atoms with E-state index in [2.05, 4.69) is 15.9 Å². The van der Waals surface area contributed by atoms with Crippen LogP contribution in [0.5, 0.6) is 0 Å². The fourth-order valence-corrected chi connectivity index (χ4v) is 1.77. The molecule has 1 aliphatic rings. The predicted molar refractivity (Wildman–Crippen MR) is 57.4 cm³/mol. The summed E-state index contributed by atoms with van der Waals surface area (Å²) in [6, 6.07) is 9.21. The van der Waals surface area contributed by atoms with Gasteiger partial charge in [-0.1, -0.05) is 22.0 Å². The fourth-order valence-electron chi connectivity index (χ4n) is 1.38. The van der Waals surface area contributed by atoms with Gasteiger partial charge in [0.05, 0.1) is 6.54 Å². The Hall–Kier alpha value is -1.54. The first-order chi connectivity index (χ1) is 7.20. The minimum atomic E-state index is -0.670. The zero-order valence-electron chi connectivity index (χ0n) is 7.68. The molecule has 1 amide bonds. The number of carbonyl (C=O) groups excluding carboxylic acids is 1. The van der Waals surface area contributed by atoms with Gasteiger partial charge in [-0.3, -0.25) is 4.90 Å². The summed E-state index contributed by atoms with van der Waals surface area (Å²) in [5.41, 5.74) is 0.729. The molecule has 0 aliphatic carbocycles. The van der Waals surface area contributed by atoms with Crippen LogP contribution in [0.25, 0.3) is 0 Å². The van der Waals surface area contributed by atoms with E-state index in [9.17, 15) is 4.79 Å². The van der Waals surface area contributed by atoms with Crippen LogP contribution in [0.3, 0.4) is 0 Å². The number of hydrogen-bond acceptors (Lipinski definition) is 3. The molecular formula is C10H7BrN2O2. The highest BCUT2D eigenvalue weighted by Crippen LogP contribution is 2.24. The van der Waals surface area contributed by atoms with E-state index in [0.717, 1.165) is 10.2 Å². The first-order valence-electron chi connectivity index (χ1n) is 4.34. The maximum Gasteiger partial charge on any atom is 0.415 e. The second kappa shape index (κ2) is 3.91. The van der Waals surface area contributed by atoms with Gasteiger partial charge in [-0.15, -0.1) is 0 Å². The second-order valence-corrected chi connectivity index (χ2v) is 4.01. The second-order valence-electron chi connectivity index (χ2n) is 3.09. The summed E-state index contributed by atoms with van der Waals surface area (Å²) in [7, 11) is 0. The first kappa shape index (κ1) is 9.99. The van der Waals surface area contributed by atoms with Crippen molar-refractivity contribution in [1.82, 2.24) is 0 Å². The number of hydrogen-bond donors (Lipinski definition) is 0. The van der Waals surface area contributed by atoms with Gasteiger partial charge in [-0.25, -0.2) is 4.79 Å². The lowest BCUT2D eigenvalue weighted by Gasteiger charge is -2.12. The predicted octanol–water partition coefficient (Wildman–Crippen LogP) is 2.30. The highest BCUT2D eigenvalue weighted by atomic mass is 79.9. The number of carbonyl (C=O) groups is 1. The molecule has 4 nitrogen and oxygen atoms in total. The van der Waals surface area contributed by atoms with Gasteiger partial charge >= 0.3 is 6.09 Å². The molecule has 1 saturated heterocycles. The van der Waals surface area contributed by atoms with Crippen LogP contribution in [0, 0.1) is 11.3 Å². The van der Waals surface area contributed by atoms with E-state index in [1.165, 1.54) is 4.90 Å². The largest absolute Gasteiger partial charge is 0.428 e. The van der Waals surface area contributed by atoms with Crippen molar-refractivity contribution in [1.29, 1.82) is 5.26 Å². The molecule has 1 aromatic carbocycles. The van der Waals surface area contributed by atoms with E-state index in [4.69, 9.17) is 10.00 Å². The summed E-state index contributed by atoms with van der Waals surface area (Å²) in [6.45, 7) is 0.284. The molecular weight excluding hydrogens is 260 g/mol. The molecule has 1 fully saturated rings. The third-order valence-corrected chi connectivity index (χ3v) is 2.57. The Balaban J connectivity index is 2.26. The lowest BCUT2D eigenvalue weighted by Crippen LogP contribution is -2.24. The van der Waals surface area contributed by atoms with E-state index in [1.54, 1.807) is 12.1 Å². The van der Waals surface area contributed by atoms with Gasteiger partial charge in [-0.05, 0) is 18.2 Å². The van der Waals surface area contributed by atoms with Crippen LogP contribution < -0.4 is 4.90 Å². The van der Waals surface area contributed by atoms with E-state index in [-0.39, 0.29) is 6.54 Å². The minimum Gasteiger partial charge on any atom is -0.428 e. The van der Waals surface area contributed by atoms with Crippen LogP contribution in [0.2, 0.25) is 0 Å². The molecule has 2 rings (SSSR count). The van der Waals surface area contributed by atoms with Crippen LogP contribution in [0.1, 0.15) is 0 Å². The SMILES string of the molecule is N#CC1CN(c2cccc(Br)c2)C(=O)O1. The zero-order chi connectivity index (χ0) is 10.8. The summed E-state index contributed by atoms with van der Waals surface area (Å²) in [5, 5.41) is 8.64. The van der Waals surface area contributed by atoms with Gasteiger partial charge < -0.3 is 4.74 Å². The Bertz CT molecular complexity index is 441. The van der Waals surface area contributed by atoms with Crippen molar-refractivity contribution in [2.75, 3.05) is 11.4 Å². The average Bonchev–Trinajstić information content (AvgIpc) is 2.60. The Morgan fingerprint density at radius 1 is 1.60 bits per heavy atom. The summed E-state index contributed by atoms with van der Waals surface area (Å²) in [5.74, 6) is 0. The van der Waals surface area contributed by atoms with Crippen molar-refractivity contribution in [3.05, 3.63) is 28.7 Å². The van der Waals surface area contributed by atoms with Crippen molar-refractivity contribution in [2.45, 2.75) is 6.10 Å². The standard InChI is InChI=1S/C10H7BrN2O2/c11-7-2-1-3-8(4-7)13-6-9(5-12)15-10(13)14/h1-4,9H,6H2. The highest BCUT2D eigenvalue weighted by Gasteiger charge is 2.32. The number of ether oxygens (including phenoxy) is 1. The lowest BCUT2D eigenvalue weighted by atomic mass is 10.3. The summed E-state index contributed by atoms with van der Waals surface area (Å²) in [6.07, 6.45) is -1.14. The number of anilines is 1. The van der Waals surface area contributed by atoms with Gasteiger partial charge in [0.2, 0.25) is 6.10 Å². The number of amides is 1. The summed E-state index contributed by atoms with van der Waals surface area (Å²) < 4.78 is 5.71. The zero-order valence-corrected chi connectivity index (χ0v) is 9.27. The molecule has 76 valence electrons. The van der Waals surface area contributed by atoms with Crippen molar-refractivity contribution in [3.63, 3.8) is 0 Å². The highest BCUT2D eigenvalue weighted by molar-refractivity contribution is 9.10. The normalized spacial score (nSPS) is 19.9. The number of nitriles is 1. The van der Waals surface area contributed by atoms with Gasteiger partial charge in [0, 0.05) is 10.2 Å². The third-order valence-electron chi connectivity index (χ3n) is 2.08. The minimum absolute atomic E-state index is 0.284. The van der Waals surface area contributed by atoms with Crippen LogP contribution in [-0.4, -0.2) is 18.7 Å². The number of benzene rings is 1. The lowest BCUT2D eigenvalue weighted by molar-refractivity contribution is 0.162. The Morgan fingerprint density at radius 3 is 3.00 bits per heavy atom. The smallest absolute Gasteiger partial charge is 0.415 e. The summed E-state index contributed by atoms with van der Waals surface area (Å²) in [4.78, 5) is 12.8. The molecule has 1 aromatic rings. The maximum atomic E-state index is 11.4. The van der Waals surface area contributed by atoms with Gasteiger partial charge in [-0.2, -0.15) is 5.26 Å². The topological polar surface area (TPSA) is 53.3 Å².